The number of nitrogens with zero attached hydrogens (tertiary/aromatic N) is 1. The van der Waals surface area contributed by atoms with E-state index >= 15 is 0 Å². The van der Waals surface area contributed by atoms with Crippen LogP contribution in [0.4, 0.5) is 0 Å². The van der Waals surface area contributed by atoms with E-state index in [0.717, 1.165) is 12.2 Å². The first-order valence-corrected chi connectivity index (χ1v) is 3.42. The topological polar surface area (TPSA) is 48.9 Å². The quantitative estimate of drug-likeness (QED) is 0.645. The maximum Gasteiger partial charge on any atom is 0.106 e. The summed E-state index contributed by atoms with van der Waals surface area (Å²) in [6, 6.07) is 0. The van der Waals surface area contributed by atoms with Crippen molar-refractivity contribution in [1.29, 1.82) is 0 Å². The average Bonchev–Trinajstić information content (AvgIpc) is 2.40. The number of hydrogen-bond donors (Lipinski definition) is 2. The van der Waals surface area contributed by atoms with Gasteiger partial charge < -0.3 is 10.1 Å². The van der Waals surface area contributed by atoms with Gasteiger partial charge in [0.15, 0.2) is 0 Å². The van der Waals surface area contributed by atoms with Crippen molar-refractivity contribution in [2.24, 2.45) is 5.92 Å². The molecule has 3 heteroatoms. The Labute approximate surface area is 60.1 Å². The average molecular weight is 140 g/mol. The van der Waals surface area contributed by atoms with Crippen molar-refractivity contribution < 1.29 is 5.11 Å². The van der Waals surface area contributed by atoms with Crippen LogP contribution in [0.2, 0.25) is 0 Å². The van der Waals surface area contributed by atoms with Crippen LogP contribution in [0.5, 0.6) is 0 Å². The van der Waals surface area contributed by atoms with Gasteiger partial charge in [0.05, 0.1) is 0 Å². The molecule has 1 aromatic rings. The van der Waals surface area contributed by atoms with Crippen molar-refractivity contribution in [3.05, 3.63) is 18.2 Å². The number of H-pyrrole nitrogens is 1. The van der Waals surface area contributed by atoms with Gasteiger partial charge in [-0.1, -0.05) is 6.92 Å². The number of rotatable bonds is 3. The molecule has 56 valence electrons. The summed E-state index contributed by atoms with van der Waals surface area (Å²) in [5.41, 5.74) is 0. The van der Waals surface area contributed by atoms with Gasteiger partial charge in [-0.05, 0) is 5.92 Å². The number of aliphatic hydroxyl groups excluding tert-OH is 1. The van der Waals surface area contributed by atoms with Crippen molar-refractivity contribution in [1.82, 2.24) is 9.97 Å². The van der Waals surface area contributed by atoms with Gasteiger partial charge in [0.25, 0.3) is 0 Å². The third-order valence-electron chi connectivity index (χ3n) is 1.41. The van der Waals surface area contributed by atoms with Crippen molar-refractivity contribution in [2.45, 2.75) is 13.3 Å². The lowest BCUT2D eigenvalue weighted by Crippen LogP contribution is -2.05. The minimum atomic E-state index is 0.223. The lowest BCUT2D eigenvalue weighted by Gasteiger charge is -2.02. The molecule has 0 aliphatic carbocycles. The molecule has 0 aliphatic rings. The van der Waals surface area contributed by atoms with Crippen molar-refractivity contribution >= 4 is 0 Å². The van der Waals surface area contributed by atoms with E-state index in [0.29, 0.717) is 5.92 Å². The molecule has 10 heavy (non-hydrogen) atoms. The standard InChI is InChI=1S/C7H12N2O/c1-6(5-10)4-7-8-2-3-9-7/h2-3,6,10H,4-5H2,1H3,(H,8,9). The number of aliphatic hydroxyl groups is 1. The summed E-state index contributed by atoms with van der Waals surface area (Å²) in [5.74, 6) is 1.24. The van der Waals surface area contributed by atoms with Crippen LogP contribution in [0.25, 0.3) is 0 Å². The SMILES string of the molecule is CC(CO)Cc1ncc[nH]1. The highest BCUT2D eigenvalue weighted by molar-refractivity contribution is 4.87. The Morgan fingerprint density at radius 1 is 1.80 bits per heavy atom. The highest BCUT2D eigenvalue weighted by Crippen LogP contribution is 2.01. The predicted molar refractivity (Wildman–Crippen MR) is 38.5 cm³/mol. The Kier molecular flexibility index (Phi) is 2.45. The zero-order valence-electron chi connectivity index (χ0n) is 6.04. The monoisotopic (exact) mass is 140 g/mol. The van der Waals surface area contributed by atoms with E-state index < -0.39 is 0 Å². The lowest BCUT2D eigenvalue weighted by molar-refractivity contribution is 0.235. The smallest absolute Gasteiger partial charge is 0.106 e. The number of nitrogens with one attached hydrogen (secondary N) is 1. The molecule has 0 saturated carbocycles. The molecule has 0 amide bonds. The zero-order valence-corrected chi connectivity index (χ0v) is 6.04. The van der Waals surface area contributed by atoms with Crippen molar-refractivity contribution in [2.75, 3.05) is 6.61 Å². The fraction of sp³-hybridized carbons (Fsp3) is 0.571. The molecule has 1 heterocycles. The Bertz CT molecular complexity index is 172. The number of aromatic amines is 1. The molecule has 3 nitrogen and oxygen atoms in total. The Balaban J connectivity index is 2.40. The number of aromatic nitrogens is 2. The van der Waals surface area contributed by atoms with E-state index in [1.54, 1.807) is 12.4 Å². The Morgan fingerprint density at radius 2 is 2.60 bits per heavy atom. The van der Waals surface area contributed by atoms with Gasteiger partial charge in [0, 0.05) is 25.4 Å². The summed E-state index contributed by atoms with van der Waals surface area (Å²) in [7, 11) is 0. The normalized spacial score (nSPS) is 13.4. The van der Waals surface area contributed by atoms with Gasteiger partial charge in [0.2, 0.25) is 0 Å². The summed E-state index contributed by atoms with van der Waals surface area (Å²) in [6.07, 6.45) is 4.34. The summed E-state index contributed by atoms with van der Waals surface area (Å²) in [4.78, 5) is 7.02. The summed E-state index contributed by atoms with van der Waals surface area (Å²) < 4.78 is 0. The van der Waals surface area contributed by atoms with Gasteiger partial charge in [-0.3, -0.25) is 0 Å². The summed E-state index contributed by atoms with van der Waals surface area (Å²) in [5, 5.41) is 8.69. The third-order valence-corrected chi connectivity index (χ3v) is 1.41. The second-order valence-corrected chi connectivity index (χ2v) is 2.53. The van der Waals surface area contributed by atoms with Gasteiger partial charge >= 0.3 is 0 Å². The van der Waals surface area contributed by atoms with E-state index in [2.05, 4.69) is 9.97 Å². The zero-order chi connectivity index (χ0) is 7.40. The van der Waals surface area contributed by atoms with Crippen molar-refractivity contribution in [3.8, 4) is 0 Å². The van der Waals surface area contributed by atoms with Crippen LogP contribution >= 0.6 is 0 Å². The summed E-state index contributed by atoms with van der Waals surface area (Å²) in [6.45, 7) is 2.21. The van der Waals surface area contributed by atoms with Gasteiger partial charge in [-0.15, -0.1) is 0 Å². The number of imidazole rings is 1. The third kappa shape index (κ3) is 1.84. The first-order valence-electron chi connectivity index (χ1n) is 3.42. The van der Waals surface area contributed by atoms with Gasteiger partial charge in [-0.25, -0.2) is 4.98 Å². The van der Waals surface area contributed by atoms with Crippen LogP contribution in [-0.4, -0.2) is 21.7 Å². The van der Waals surface area contributed by atoms with Crippen LogP contribution in [0, 0.1) is 5.92 Å². The Morgan fingerprint density at radius 3 is 3.10 bits per heavy atom. The molecule has 1 aromatic heterocycles. The first-order chi connectivity index (χ1) is 4.83. The minimum absolute atomic E-state index is 0.223. The largest absolute Gasteiger partial charge is 0.396 e. The fourth-order valence-corrected chi connectivity index (χ4v) is 0.804. The molecule has 0 bridgehead atoms. The molecule has 0 saturated heterocycles. The maximum atomic E-state index is 8.69. The summed E-state index contributed by atoms with van der Waals surface area (Å²) >= 11 is 0. The molecular weight excluding hydrogens is 128 g/mol. The van der Waals surface area contributed by atoms with E-state index in [9.17, 15) is 0 Å². The van der Waals surface area contributed by atoms with E-state index in [-0.39, 0.29) is 6.61 Å². The molecule has 0 aliphatic heterocycles. The molecule has 1 rings (SSSR count). The fourth-order valence-electron chi connectivity index (χ4n) is 0.804. The van der Waals surface area contributed by atoms with Crippen molar-refractivity contribution in [3.63, 3.8) is 0 Å². The molecule has 0 fully saturated rings. The maximum absolute atomic E-state index is 8.69. The van der Waals surface area contributed by atoms with Crippen LogP contribution in [0.1, 0.15) is 12.7 Å². The van der Waals surface area contributed by atoms with Crippen LogP contribution in [-0.2, 0) is 6.42 Å². The molecular formula is C7H12N2O. The van der Waals surface area contributed by atoms with E-state index in [1.165, 1.54) is 0 Å². The van der Waals surface area contributed by atoms with E-state index in [1.807, 2.05) is 6.92 Å². The first kappa shape index (κ1) is 7.28. The second kappa shape index (κ2) is 3.37. The van der Waals surface area contributed by atoms with Gasteiger partial charge in [0.1, 0.15) is 5.82 Å². The molecule has 2 N–H and O–H groups in total. The predicted octanol–water partition coefficient (Wildman–Crippen LogP) is 0.581. The van der Waals surface area contributed by atoms with E-state index in [4.69, 9.17) is 5.11 Å². The molecule has 1 unspecified atom stereocenters. The molecule has 1 atom stereocenters. The highest BCUT2D eigenvalue weighted by atomic mass is 16.3. The highest BCUT2D eigenvalue weighted by Gasteiger charge is 2.01. The number of hydrogen-bond acceptors (Lipinski definition) is 2. The Hall–Kier alpha value is -0.830. The van der Waals surface area contributed by atoms with Gasteiger partial charge in [-0.2, -0.15) is 0 Å². The lowest BCUT2D eigenvalue weighted by atomic mass is 10.1. The minimum Gasteiger partial charge on any atom is -0.396 e. The van der Waals surface area contributed by atoms with Crippen LogP contribution in [0.15, 0.2) is 12.4 Å². The van der Waals surface area contributed by atoms with Crippen LogP contribution in [0.3, 0.4) is 0 Å². The molecule has 0 spiro atoms. The van der Waals surface area contributed by atoms with Crippen LogP contribution < -0.4 is 0 Å². The molecule has 0 aromatic carbocycles. The second-order valence-electron chi connectivity index (χ2n) is 2.53. The molecule has 0 radical (unpaired) electrons.